The van der Waals surface area contributed by atoms with Crippen LogP contribution < -0.4 is 14.8 Å². The van der Waals surface area contributed by atoms with Gasteiger partial charge in [0.2, 0.25) is 26.0 Å². The van der Waals surface area contributed by atoms with Crippen molar-refractivity contribution in [2.45, 2.75) is 17.7 Å². The van der Waals surface area contributed by atoms with Crippen molar-refractivity contribution in [3.63, 3.8) is 0 Å². The van der Waals surface area contributed by atoms with Gasteiger partial charge in [-0.3, -0.25) is 9.59 Å². The fraction of sp³-hybridized carbons (Fsp3) is 0.222. The monoisotopic (exact) mass is 437 g/mol. The second kappa shape index (κ2) is 7.93. The minimum Gasteiger partial charge on any atom is -0.352 e. The Bertz CT molecular complexity index is 1140. The number of nitrogens with zero attached hydrogens (tertiary/aromatic N) is 1. The molecule has 1 heterocycles. The molecule has 0 spiro atoms. The molecule has 11 heteroatoms. The highest BCUT2D eigenvalue weighted by molar-refractivity contribution is 7.94. The van der Waals surface area contributed by atoms with Gasteiger partial charge in [0.1, 0.15) is 0 Å². The average Bonchev–Trinajstić information content (AvgIpc) is 2.94. The van der Waals surface area contributed by atoms with Gasteiger partial charge >= 0.3 is 0 Å². The first-order chi connectivity index (χ1) is 13.6. The summed E-state index contributed by atoms with van der Waals surface area (Å²) in [5, 5.41) is 7.77. The van der Waals surface area contributed by atoms with Gasteiger partial charge in [-0.05, 0) is 48.4 Å². The van der Waals surface area contributed by atoms with Crippen LogP contribution in [0.25, 0.3) is 0 Å². The van der Waals surface area contributed by atoms with Crippen molar-refractivity contribution in [3.8, 4) is 0 Å². The quantitative estimate of drug-likeness (QED) is 0.668. The summed E-state index contributed by atoms with van der Waals surface area (Å²) in [7, 11) is -7.38. The first-order valence-electron chi connectivity index (χ1n) is 8.64. The number of primary sulfonamides is 1. The van der Waals surface area contributed by atoms with Crippen LogP contribution in [0, 0.1) is 0 Å². The van der Waals surface area contributed by atoms with Gasteiger partial charge in [-0.2, -0.15) is 0 Å². The fourth-order valence-electron chi connectivity index (χ4n) is 2.89. The Labute approximate surface area is 168 Å². The predicted molar refractivity (Wildman–Crippen MR) is 106 cm³/mol. The largest absolute Gasteiger partial charge is 0.352 e. The number of rotatable bonds is 6. The summed E-state index contributed by atoms with van der Waals surface area (Å²) in [5.74, 6) is -1.06. The zero-order valence-electron chi connectivity index (χ0n) is 15.2. The molecule has 2 aromatic carbocycles. The minimum atomic E-state index is -3.74. The highest BCUT2D eigenvalue weighted by atomic mass is 32.2. The van der Waals surface area contributed by atoms with Gasteiger partial charge in [0.25, 0.3) is 5.91 Å². The molecule has 0 aromatic heterocycles. The number of hydrogen-bond donors (Lipinski definition) is 2. The van der Waals surface area contributed by atoms with Gasteiger partial charge < -0.3 is 5.32 Å². The Balaban J connectivity index is 1.58. The lowest BCUT2D eigenvalue weighted by molar-refractivity contribution is -0.116. The highest BCUT2D eigenvalue weighted by Gasteiger charge is 2.36. The zero-order chi connectivity index (χ0) is 21.2. The second-order valence-electron chi connectivity index (χ2n) is 6.47. The van der Waals surface area contributed by atoms with E-state index in [1.807, 2.05) is 0 Å². The third kappa shape index (κ3) is 4.81. The van der Waals surface area contributed by atoms with Crippen LogP contribution in [0.3, 0.4) is 0 Å². The lowest BCUT2D eigenvalue weighted by Crippen LogP contribution is -2.29. The lowest BCUT2D eigenvalue weighted by Gasteiger charge is -2.15. The molecule has 0 radical (unpaired) electrons. The average molecular weight is 437 g/mol. The van der Waals surface area contributed by atoms with Gasteiger partial charge in [-0.1, -0.05) is 12.1 Å². The molecular weight excluding hydrogens is 418 g/mol. The summed E-state index contributed by atoms with van der Waals surface area (Å²) in [6, 6.07) is 11.8. The smallest absolute Gasteiger partial charge is 0.251 e. The van der Waals surface area contributed by atoms with E-state index in [2.05, 4.69) is 5.32 Å². The van der Waals surface area contributed by atoms with Crippen LogP contribution in [0.2, 0.25) is 0 Å². The van der Waals surface area contributed by atoms with Crippen molar-refractivity contribution < 1.29 is 26.4 Å². The Morgan fingerprint density at radius 1 is 1.07 bits per heavy atom. The molecule has 1 fully saturated rings. The molecule has 2 amide bonds. The topological polar surface area (TPSA) is 144 Å². The predicted octanol–water partition coefficient (Wildman–Crippen LogP) is 0.373. The SMILES string of the molecule is NS(=O)(=O)c1ccc(CCNC(=O)c2ccc(N3C(=O)CCS3(=O)=O)cc2)cc1. The van der Waals surface area contributed by atoms with E-state index in [0.29, 0.717) is 18.5 Å². The van der Waals surface area contributed by atoms with Crippen molar-refractivity contribution in [1.82, 2.24) is 5.32 Å². The second-order valence-corrected chi connectivity index (χ2v) is 9.96. The zero-order valence-corrected chi connectivity index (χ0v) is 16.9. The first-order valence-corrected chi connectivity index (χ1v) is 11.8. The standard InChI is InChI=1S/C18H19N3O6S2/c19-29(26,27)16-7-1-13(2-8-16)9-11-20-18(23)14-3-5-15(6-4-14)21-17(22)10-12-28(21,24)25/h1-8H,9-12H2,(H,20,23)(H2,19,26,27). The van der Waals surface area contributed by atoms with Crippen LogP contribution in [0.1, 0.15) is 22.3 Å². The minimum absolute atomic E-state index is 0.0175. The van der Waals surface area contributed by atoms with Gasteiger partial charge in [0, 0.05) is 18.5 Å². The van der Waals surface area contributed by atoms with Crippen molar-refractivity contribution in [1.29, 1.82) is 0 Å². The number of nitrogens with one attached hydrogen (secondary N) is 1. The maximum atomic E-state index is 12.2. The summed E-state index contributed by atoms with van der Waals surface area (Å²) in [4.78, 5) is 24.0. The van der Waals surface area contributed by atoms with Crippen molar-refractivity contribution in [3.05, 3.63) is 59.7 Å². The molecular formula is C18H19N3O6S2. The number of hydrogen-bond acceptors (Lipinski definition) is 6. The van der Waals surface area contributed by atoms with Gasteiger partial charge in [0.15, 0.2) is 0 Å². The lowest BCUT2D eigenvalue weighted by atomic mass is 10.1. The number of carbonyl (C=O) groups is 2. The molecule has 1 saturated heterocycles. The van der Waals surface area contributed by atoms with Crippen LogP contribution in [0.4, 0.5) is 5.69 Å². The van der Waals surface area contributed by atoms with Crippen LogP contribution in [-0.2, 0) is 31.3 Å². The molecule has 1 aliphatic heterocycles. The number of amides is 2. The van der Waals surface area contributed by atoms with E-state index in [1.165, 1.54) is 36.4 Å². The summed E-state index contributed by atoms with van der Waals surface area (Å²) in [5.41, 5.74) is 1.35. The molecule has 0 aliphatic carbocycles. The van der Waals surface area contributed by atoms with Crippen LogP contribution in [-0.4, -0.2) is 40.9 Å². The molecule has 0 unspecified atom stereocenters. The fourth-order valence-corrected chi connectivity index (χ4v) is 4.86. The van der Waals surface area contributed by atoms with E-state index in [-0.39, 0.29) is 28.7 Å². The van der Waals surface area contributed by atoms with Crippen molar-refractivity contribution in [2.75, 3.05) is 16.6 Å². The summed E-state index contributed by atoms with van der Waals surface area (Å²) < 4.78 is 47.1. The molecule has 0 bridgehead atoms. The maximum absolute atomic E-state index is 12.2. The Morgan fingerprint density at radius 3 is 2.21 bits per heavy atom. The molecule has 0 saturated carbocycles. The summed E-state index contributed by atoms with van der Waals surface area (Å²) >= 11 is 0. The van der Waals surface area contributed by atoms with E-state index in [4.69, 9.17) is 5.14 Å². The maximum Gasteiger partial charge on any atom is 0.251 e. The Morgan fingerprint density at radius 2 is 1.69 bits per heavy atom. The molecule has 2 aromatic rings. The van der Waals surface area contributed by atoms with Crippen LogP contribution in [0.5, 0.6) is 0 Å². The van der Waals surface area contributed by atoms with Crippen LogP contribution >= 0.6 is 0 Å². The van der Waals surface area contributed by atoms with E-state index in [1.54, 1.807) is 12.1 Å². The summed E-state index contributed by atoms with van der Waals surface area (Å²) in [6.45, 7) is 0.314. The number of carbonyl (C=O) groups excluding carboxylic acids is 2. The highest BCUT2D eigenvalue weighted by Crippen LogP contribution is 2.25. The number of benzene rings is 2. The Kier molecular flexibility index (Phi) is 5.73. The third-order valence-electron chi connectivity index (χ3n) is 4.39. The molecule has 9 nitrogen and oxygen atoms in total. The molecule has 0 atom stereocenters. The normalized spacial score (nSPS) is 16.0. The molecule has 3 N–H and O–H groups in total. The third-order valence-corrected chi connectivity index (χ3v) is 7.01. The Hall–Kier alpha value is -2.76. The molecule has 3 rings (SSSR count). The van der Waals surface area contributed by atoms with E-state index in [0.717, 1.165) is 9.87 Å². The van der Waals surface area contributed by atoms with Gasteiger partial charge in [-0.25, -0.2) is 26.3 Å². The van der Waals surface area contributed by atoms with Crippen LogP contribution in [0.15, 0.2) is 53.4 Å². The van der Waals surface area contributed by atoms with Crippen molar-refractivity contribution >= 4 is 37.5 Å². The van der Waals surface area contributed by atoms with Gasteiger partial charge in [-0.15, -0.1) is 0 Å². The van der Waals surface area contributed by atoms with Crippen molar-refractivity contribution in [2.24, 2.45) is 5.14 Å². The molecule has 29 heavy (non-hydrogen) atoms. The molecule has 1 aliphatic rings. The van der Waals surface area contributed by atoms with Gasteiger partial charge in [0.05, 0.1) is 16.3 Å². The number of nitrogens with two attached hydrogens (primary N) is 1. The summed E-state index contributed by atoms with van der Waals surface area (Å²) in [6.07, 6.45) is 0.429. The van der Waals surface area contributed by atoms with E-state index < -0.39 is 26.0 Å². The van der Waals surface area contributed by atoms with E-state index >= 15 is 0 Å². The molecule has 154 valence electrons. The number of anilines is 1. The van der Waals surface area contributed by atoms with E-state index in [9.17, 15) is 26.4 Å². The number of sulfonamides is 2. The first kappa shape index (κ1) is 21.0.